The first-order valence-electron chi connectivity index (χ1n) is 7.17. The fraction of sp³-hybridized carbons (Fsp3) is 0.312. The number of nitrogens with zero attached hydrogens (tertiary/aromatic N) is 1. The first-order valence-corrected chi connectivity index (χ1v) is 7.93. The Kier molecular flexibility index (Phi) is 4.99. The fourth-order valence-electron chi connectivity index (χ4n) is 2.70. The Bertz CT molecular complexity index is 708. The molecule has 1 saturated heterocycles. The summed E-state index contributed by atoms with van der Waals surface area (Å²) in [6.07, 6.45) is 3.43. The topological polar surface area (TPSA) is 34.1 Å². The number of hydrogen-bond donors (Lipinski definition) is 1. The molecular weight excluding hydrogens is 345 g/mol. The van der Waals surface area contributed by atoms with E-state index in [0.717, 1.165) is 25.1 Å². The number of halogens is 4. The van der Waals surface area contributed by atoms with Crippen molar-refractivity contribution < 1.29 is 13.5 Å². The van der Waals surface area contributed by atoms with Crippen LogP contribution >= 0.6 is 23.2 Å². The first-order chi connectivity index (χ1) is 11.1. The predicted octanol–water partition coefficient (Wildman–Crippen LogP) is 4.40. The number of pyridine rings is 1. The maximum Gasteiger partial charge on any atom is 0.177 e. The molecule has 1 unspecified atom stereocenters. The van der Waals surface area contributed by atoms with E-state index in [2.05, 4.69) is 10.3 Å². The molecule has 0 saturated carbocycles. The van der Waals surface area contributed by atoms with Crippen molar-refractivity contribution in [2.24, 2.45) is 5.92 Å². The van der Waals surface area contributed by atoms with Crippen molar-refractivity contribution in [3.05, 3.63) is 57.8 Å². The molecule has 23 heavy (non-hydrogen) atoms. The number of benzene rings is 1. The van der Waals surface area contributed by atoms with Crippen LogP contribution in [0, 0.1) is 17.6 Å². The molecule has 0 spiro atoms. The van der Waals surface area contributed by atoms with Crippen LogP contribution in [0.5, 0.6) is 5.75 Å². The van der Waals surface area contributed by atoms with E-state index >= 15 is 0 Å². The van der Waals surface area contributed by atoms with E-state index < -0.39 is 17.7 Å². The second-order valence-corrected chi connectivity index (χ2v) is 6.21. The van der Waals surface area contributed by atoms with Gasteiger partial charge in [-0.05, 0) is 31.2 Å². The van der Waals surface area contributed by atoms with E-state index in [0.29, 0.717) is 17.1 Å². The van der Waals surface area contributed by atoms with Crippen molar-refractivity contribution in [2.45, 2.75) is 12.5 Å². The summed E-state index contributed by atoms with van der Waals surface area (Å²) < 4.78 is 33.5. The highest BCUT2D eigenvalue weighted by Crippen LogP contribution is 2.38. The highest BCUT2D eigenvalue weighted by molar-refractivity contribution is 6.32. The molecule has 2 atom stereocenters. The van der Waals surface area contributed by atoms with Gasteiger partial charge in [0.25, 0.3) is 0 Å². The smallest absolute Gasteiger partial charge is 0.177 e. The van der Waals surface area contributed by atoms with Gasteiger partial charge in [0, 0.05) is 30.4 Å². The summed E-state index contributed by atoms with van der Waals surface area (Å²) in [5, 5.41) is 3.32. The summed E-state index contributed by atoms with van der Waals surface area (Å²) in [6.45, 7) is 1.53. The number of nitrogens with one attached hydrogen (secondary N) is 1. The number of rotatable bonds is 4. The lowest BCUT2D eigenvalue weighted by Crippen LogP contribution is -2.22. The maximum absolute atomic E-state index is 14.0. The average Bonchev–Trinajstić information content (AvgIpc) is 3.05. The van der Waals surface area contributed by atoms with Crippen LogP contribution in [0.2, 0.25) is 10.0 Å². The van der Waals surface area contributed by atoms with E-state index in [-0.39, 0.29) is 16.7 Å². The minimum absolute atomic E-state index is 0.0778. The Morgan fingerprint density at radius 2 is 2.00 bits per heavy atom. The molecule has 7 heteroatoms. The summed E-state index contributed by atoms with van der Waals surface area (Å²) >= 11 is 11.9. The van der Waals surface area contributed by atoms with Crippen LogP contribution in [0.25, 0.3) is 0 Å². The summed E-state index contributed by atoms with van der Waals surface area (Å²) in [5.41, 5.74) is 0.700. The third-order valence-electron chi connectivity index (χ3n) is 3.83. The Balaban J connectivity index is 1.98. The molecule has 1 aliphatic rings. The molecule has 2 heterocycles. The van der Waals surface area contributed by atoms with E-state index in [1.807, 2.05) is 0 Å². The van der Waals surface area contributed by atoms with Gasteiger partial charge in [0.1, 0.15) is 16.9 Å². The Morgan fingerprint density at radius 3 is 2.70 bits per heavy atom. The van der Waals surface area contributed by atoms with Gasteiger partial charge in [0.2, 0.25) is 0 Å². The lowest BCUT2D eigenvalue weighted by Gasteiger charge is -2.25. The van der Waals surface area contributed by atoms with Crippen molar-refractivity contribution in [1.29, 1.82) is 0 Å². The molecule has 1 aliphatic heterocycles. The molecule has 1 aromatic heterocycles. The first kappa shape index (κ1) is 16.4. The van der Waals surface area contributed by atoms with E-state index in [9.17, 15) is 8.78 Å². The maximum atomic E-state index is 14.0. The van der Waals surface area contributed by atoms with Gasteiger partial charge in [-0.1, -0.05) is 23.2 Å². The van der Waals surface area contributed by atoms with Gasteiger partial charge < -0.3 is 10.1 Å². The summed E-state index contributed by atoms with van der Waals surface area (Å²) in [6, 6.07) is 3.68. The molecule has 2 aromatic rings. The predicted molar refractivity (Wildman–Crippen MR) is 85.0 cm³/mol. The minimum Gasteiger partial charge on any atom is -0.481 e. The van der Waals surface area contributed by atoms with E-state index in [1.165, 1.54) is 6.20 Å². The largest absolute Gasteiger partial charge is 0.481 e. The molecule has 3 nitrogen and oxygen atoms in total. The molecule has 0 aliphatic carbocycles. The number of aromatic nitrogens is 1. The van der Waals surface area contributed by atoms with Crippen molar-refractivity contribution in [3.8, 4) is 5.75 Å². The lowest BCUT2D eigenvalue weighted by atomic mass is 9.96. The summed E-state index contributed by atoms with van der Waals surface area (Å²) in [4.78, 5) is 4.05. The molecule has 122 valence electrons. The quantitative estimate of drug-likeness (QED) is 0.822. The highest BCUT2D eigenvalue weighted by atomic mass is 35.5. The SMILES string of the molecule is Fc1ccc(F)c(O[C@H](c2cncc(Cl)c2)C2CCNC2)c1Cl. The van der Waals surface area contributed by atoms with Gasteiger partial charge in [-0.2, -0.15) is 0 Å². The summed E-state index contributed by atoms with van der Waals surface area (Å²) in [7, 11) is 0. The van der Waals surface area contributed by atoms with Crippen LogP contribution in [0.15, 0.2) is 30.6 Å². The third-order valence-corrected chi connectivity index (χ3v) is 4.39. The van der Waals surface area contributed by atoms with Crippen LogP contribution in [-0.4, -0.2) is 18.1 Å². The molecule has 1 fully saturated rings. The van der Waals surface area contributed by atoms with Crippen LogP contribution in [0.1, 0.15) is 18.1 Å². The standard InChI is InChI=1S/C16H14Cl2F2N2O/c17-11-5-10(7-22-8-11)15(9-3-4-21-6-9)23-16-13(20)2-1-12(19)14(16)18/h1-2,5,7-9,15,21H,3-4,6H2/t9?,15-/m0/s1. The Labute approximate surface area is 142 Å². The van der Waals surface area contributed by atoms with Crippen LogP contribution < -0.4 is 10.1 Å². The van der Waals surface area contributed by atoms with Gasteiger partial charge >= 0.3 is 0 Å². The number of ether oxygens (including phenoxy) is 1. The third kappa shape index (κ3) is 3.57. The van der Waals surface area contributed by atoms with Crippen molar-refractivity contribution >= 4 is 23.2 Å². The van der Waals surface area contributed by atoms with Crippen molar-refractivity contribution in [2.75, 3.05) is 13.1 Å². The normalized spacial score (nSPS) is 18.9. The van der Waals surface area contributed by atoms with Crippen LogP contribution in [-0.2, 0) is 0 Å². The molecular formula is C16H14Cl2F2N2O. The molecule has 1 N–H and O–H groups in total. The van der Waals surface area contributed by atoms with Gasteiger partial charge in [-0.15, -0.1) is 0 Å². The number of hydrogen-bond acceptors (Lipinski definition) is 3. The van der Waals surface area contributed by atoms with Gasteiger partial charge in [-0.25, -0.2) is 8.78 Å². The molecule has 0 radical (unpaired) electrons. The average molecular weight is 359 g/mol. The lowest BCUT2D eigenvalue weighted by molar-refractivity contribution is 0.137. The zero-order valence-corrected chi connectivity index (χ0v) is 13.5. The van der Waals surface area contributed by atoms with E-state index in [4.69, 9.17) is 27.9 Å². The van der Waals surface area contributed by atoms with Crippen LogP contribution in [0.4, 0.5) is 8.78 Å². The van der Waals surface area contributed by atoms with Crippen molar-refractivity contribution in [1.82, 2.24) is 10.3 Å². The Morgan fingerprint density at radius 1 is 1.22 bits per heavy atom. The molecule has 0 bridgehead atoms. The van der Waals surface area contributed by atoms with Gasteiger partial charge in [-0.3, -0.25) is 4.98 Å². The zero-order chi connectivity index (χ0) is 16.4. The molecule has 3 rings (SSSR count). The highest BCUT2D eigenvalue weighted by Gasteiger charge is 2.30. The van der Waals surface area contributed by atoms with Gasteiger partial charge in [0.15, 0.2) is 11.6 Å². The van der Waals surface area contributed by atoms with E-state index in [1.54, 1.807) is 12.3 Å². The fourth-order valence-corrected chi connectivity index (χ4v) is 3.08. The van der Waals surface area contributed by atoms with Crippen LogP contribution in [0.3, 0.4) is 0 Å². The summed E-state index contributed by atoms with van der Waals surface area (Å²) in [5.74, 6) is -1.64. The second-order valence-electron chi connectivity index (χ2n) is 5.40. The molecule has 1 aromatic carbocycles. The van der Waals surface area contributed by atoms with Gasteiger partial charge in [0.05, 0.1) is 5.02 Å². The van der Waals surface area contributed by atoms with Crippen molar-refractivity contribution in [3.63, 3.8) is 0 Å². The monoisotopic (exact) mass is 358 g/mol. The second kappa shape index (κ2) is 6.99. The molecule has 0 amide bonds. The zero-order valence-electron chi connectivity index (χ0n) is 12.0. The minimum atomic E-state index is -0.726. The Hall–Kier alpha value is -1.43.